The van der Waals surface area contributed by atoms with Crippen molar-refractivity contribution in [2.75, 3.05) is 18.4 Å². The molecule has 1 aromatic heterocycles. The van der Waals surface area contributed by atoms with Crippen molar-refractivity contribution in [1.82, 2.24) is 4.90 Å². The standard InChI is InChI=1S/C20H26N2OS/c1-14(2)16-7-4-5-8-17(16)21-20(23)13-22-12-6-9-18(22)19-11-10-15(3)24-19/h4-5,7-8,10-11,14,18H,6,9,12-13H2,1-3H3,(H,21,23). The molecule has 2 heterocycles. The van der Waals surface area contributed by atoms with E-state index in [0.717, 1.165) is 25.1 Å². The van der Waals surface area contributed by atoms with Crippen LogP contribution in [0.1, 0.15) is 54.0 Å². The molecular formula is C20H26N2OS. The van der Waals surface area contributed by atoms with Gasteiger partial charge in [0.1, 0.15) is 0 Å². The van der Waals surface area contributed by atoms with Crippen LogP contribution in [-0.2, 0) is 4.79 Å². The molecule has 1 aliphatic rings. The molecule has 1 amide bonds. The lowest BCUT2D eigenvalue weighted by molar-refractivity contribution is -0.117. The normalized spacial score (nSPS) is 18.2. The molecule has 1 fully saturated rings. The zero-order valence-corrected chi connectivity index (χ0v) is 15.5. The van der Waals surface area contributed by atoms with Crippen molar-refractivity contribution in [3.63, 3.8) is 0 Å². The highest BCUT2D eigenvalue weighted by atomic mass is 32.1. The highest BCUT2D eigenvalue weighted by Gasteiger charge is 2.28. The quantitative estimate of drug-likeness (QED) is 0.833. The zero-order valence-electron chi connectivity index (χ0n) is 14.7. The van der Waals surface area contributed by atoms with Gasteiger partial charge < -0.3 is 5.32 Å². The summed E-state index contributed by atoms with van der Waals surface area (Å²) in [6.07, 6.45) is 2.31. The van der Waals surface area contributed by atoms with Crippen molar-refractivity contribution < 1.29 is 4.79 Å². The number of nitrogens with one attached hydrogen (secondary N) is 1. The van der Waals surface area contributed by atoms with Crippen LogP contribution < -0.4 is 5.32 Å². The summed E-state index contributed by atoms with van der Waals surface area (Å²) in [7, 11) is 0. The molecule has 4 heteroatoms. The van der Waals surface area contributed by atoms with Gasteiger partial charge >= 0.3 is 0 Å². The Morgan fingerprint density at radius 2 is 2.08 bits per heavy atom. The van der Waals surface area contributed by atoms with Gasteiger partial charge in [-0.25, -0.2) is 0 Å². The number of nitrogens with zero attached hydrogens (tertiary/aromatic N) is 1. The monoisotopic (exact) mass is 342 g/mol. The van der Waals surface area contributed by atoms with E-state index in [0.29, 0.717) is 18.5 Å². The van der Waals surface area contributed by atoms with Crippen LogP contribution in [0.4, 0.5) is 5.69 Å². The Bertz CT molecular complexity index is 707. The predicted octanol–water partition coefficient (Wildman–Crippen LogP) is 4.96. The van der Waals surface area contributed by atoms with E-state index in [1.807, 2.05) is 29.5 Å². The Labute approximate surface area is 148 Å². The lowest BCUT2D eigenvalue weighted by atomic mass is 10.0. The van der Waals surface area contributed by atoms with E-state index in [4.69, 9.17) is 0 Å². The number of benzene rings is 1. The molecule has 0 spiro atoms. The van der Waals surface area contributed by atoms with Crippen LogP contribution >= 0.6 is 11.3 Å². The maximum Gasteiger partial charge on any atom is 0.238 e. The first-order valence-corrected chi connectivity index (χ1v) is 9.55. The number of para-hydroxylation sites is 1. The molecule has 0 bridgehead atoms. The van der Waals surface area contributed by atoms with E-state index >= 15 is 0 Å². The summed E-state index contributed by atoms with van der Waals surface area (Å²) >= 11 is 1.85. The Morgan fingerprint density at radius 3 is 2.79 bits per heavy atom. The number of likely N-dealkylation sites (tertiary alicyclic amines) is 1. The minimum Gasteiger partial charge on any atom is -0.325 e. The van der Waals surface area contributed by atoms with E-state index in [-0.39, 0.29) is 5.91 Å². The lowest BCUT2D eigenvalue weighted by Gasteiger charge is -2.23. The number of hydrogen-bond donors (Lipinski definition) is 1. The summed E-state index contributed by atoms with van der Waals surface area (Å²) in [5.41, 5.74) is 2.14. The second kappa shape index (κ2) is 7.49. The van der Waals surface area contributed by atoms with Gasteiger partial charge in [-0.2, -0.15) is 0 Å². The van der Waals surface area contributed by atoms with Gasteiger partial charge in [-0.05, 0) is 56.0 Å². The van der Waals surface area contributed by atoms with E-state index in [2.05, 4.69) is 49.2 Å². The first-order valence-electron chi connectivity index (χ1n) is 8.73. The van der Waals surface area contributed by atoms with E-state index < -0.39 is 0 Å². The molecular weight excluding hydrogens is 316 g/mol. The number of anilines is 1. The second-order valence-corrected chi connectivity index (χ2v) is 8.19. The molecule has 1 unspecified atom stereocenters. The van der Waals surface area contributed by atoms with Gasteiger partial charge in [-0.15, -0.1) is 11.3 Å². The number of aryl methyl sites for hydroxylation is 1. The highest BCUT2D eigenvalue weighted by molar-refractivity contribution is 7.12. The fraction of sp³-hybridized carbons (Fsp3) is 0.450. The van der Waals surface area contributed by atoms with Gasteiger partial charge in [0, 0.05) is 21.5 Å². The van der Waals surface area contributed by atoms with Gasteiger partial charge in [-0.3, -0.25) is 9.69 Å². The minimum atomic E-state index is 0.0864. The average Bonchev–Trinajstić information content (AvgIpc) is 3.16. The maximum atomic E-state index is 12.6. The van der Waals surface area contributed by atoms with Gasteiger partial charge in [0.25, 0.3) is 0 Å². The number of carbonyl (C=O) groups is 1. The summed E-state index contributed by atoms with van der Waals surface area (Å²) in [6, 6.07) is 12.9. The molecule has 128 valence electrons. The number of carbonyl (C=O) groups excluding carboxylic acids is 1. The lowest BCUT2D eigenvalue weighted by Crippen LogP contribution is -2.32. The van der Waals surface area contributed by atoms with Crippen molar-refractivity contribution in [2.45, 2.75) is 45.6 Å². The van der Waals surface area contributed by atoms with Gasteiger partial charge in [0.05, 0.1) is 6.54 Å². The molecule has 2 aromatic rings. The van der Waals surface area contributed by atoms with Crippen LogP contribution in [0.25, 0.3) is 0 Å². The molecule has 24 heavy (non-hydrogen) atoms. The predicted molar refractivity (Wildman–Crippen MR) is 102 cm³/mol. The first-order chi connectivity index (χ1) is 11.5. The largest absolute Gasteiger partial charge is 0.325 e. The van der Waals surface area contributed by atoms with E-state index in [9.17, 15) is 4.79 Å². The number of amides is 1. The number of rotatable bonds is 5. The summed E-state index contributed by atoms with van der Waals surface area (Å²) in [5, 5.41) is 3.12. The molecule has 1 N–H and O–H groups in total. The number of hydrogen-bond acceptors (Lipinski definition) is 3. The third kappa shape index (κ3) is 3.87. The summed E-state index contributed by atoms with van der Waals surface area (Å²) in [4.78, 5) is 17.6. The highest BCUT2D eigenvalue weighted by Crippen LogP contribution is 2.35. The van der Waals surface area contributed by atoms with Crippen LogP contribution in [0.3, 0.4) is 0 Å². The molecule has 0 aliphatic carbocycles. The maximum absolute atomic E-state index is 12.6. The Morgan fingerprint density at radius 1 is 1.29 bits per heavy atom. The van der Waals surface area contributed by atoms with Crippen LogP contribution in [0.15, 0.2) is 36.4 Å². The first kappa shape index (κ1) is 17.2. The van der Waals surface area contributed by atoms with Gasteiger partial charge in [0.2, 0.25) is 5.91 Å². The molecule has 1 atom stereocenters. The second-order valence-electron chi connectivity index (χ2n) is 6.87. The minimum absolute atomic E-state index is 0.0864. The van der Waals surface area contributed by atoms with Crippen molar-refractivity contribution in [3.05, 3.63) is 51.7 Å². The third-order valence-corrected chi connectivity index (χ3v) is 5.76. The smallest absolute Gasteiger partial charge is 0.238 e. The van der Waals surface area contributed by atoms with Crippen LogP contribution in [0.5, 0.6) is 0 Å². The molecule has 1 saturated heterocycles. The van der Waals surface area contributed by atoms with Crippen LogP contribution in [0, 0.1) is 6.92 Å². The Hall–Kier alpha value is -1.65. The zero-order chi connectivity index (χ0) is 17.1. The molecule has 3 nitrogen and oxygen atoms in total. The van der Waals surface area contributed by atoms with Crippen molar-refractivity contribution in [2.24, 2.45) is 0 Å². The fourth-order valence-corrected chi connectivity index (χ4v) is 4.51. The molecule has 0 radical (unpaired) electrons. The average molecular weight is 343 g/mol. The molecule has 0 saturated carbocycles. The molecule has 1 aromatic carbocycles. The summed E-state index contributed by atoms with van der Waals surface area (Å²) in [5.74, 6) is 0.485. The summed E-state index contributed by atoms with van der Waals surface area (Å²) in [6.45, 7) is 7.92. The third-order valence-electron chi connectivity index (χ3n) is 4.66. The Balaban J connectivity index is 1.66. The Kier molecular flexibility index (Phi) is 5.36. The van der Waals surface area contributed by atoms with E-state index in [1.54, 1.807) is 0 Å². The van der Waals surface area contributed by atoms with Crippen molar-refractivity contribution in [3.8, 4) is 0 Å². The SMILES string of the molecule is Cc1ccc(C2CCCN2CC(=O)Nc2ccccc2C(C)C)s1. The fourth-order valence-electron chi connectivity index (χ4n) is 3.46. The van der Waals surface area contributed by atoms with Crippen LogP contribution in [0.2, 0.25) is 0 Å². The van der Waals surface area contributed by atoms with Crippen molar-refractivity contribution in [1.29, 1.82) is 0 Å². The number of thiophene rings is 1. The van der Waals surface area contributed by atoms with Gasteiger partial charge in [-0.1, -0.05) is 32.0 Å². The van der Waals surface area contributed by atoms with Crippen LogP contribution in [-0.4, -0.2) is 23.9 Å². The topological polar surface area (TPSA) is 32.3 Å². The van der Waals surface area contributed by atoms with E-state index in [1.165, 1.54) is 15.3 Å². The van der Waals surface area contributed by atoms with Crippen molar-refractivity contribution >= 4 is 22.9 Å². The molecule has 3 rings (SSSR count). The molecule has 1 aliphatic heterocycles. The summed E-state index contributed by atoms with van der Waals surface area (Å²) < 4.78 is 0. The van der Waals surface area contributed by atoms with Gasteiger partial charge in [0.15, 0.2) is 0 Å².